The lowest BCUT2D eigenvalue weighted by Crippen LogP contribution is -2.30. The van der Waals surface area contributed by atoms with Crippen LogP contribution < -0.4 is 0 Å². The van der Waals surface area contributed by atoms with Gasteiger partial charge in [0.15, 0.2) is 6.10 Å². The topological polar surface area (TPSA) is 78.9 Å². The molecule has 0 bridgehead atoms. The number of carbonyl (C=O) groups is 3. The van der Waals surface area contributed by atoms with Crippen molar-refractivity contribution in [2.45, 2.75) is 335 Å². The van der Waals surface area contributed by atoms with Gasteiger partial charge in [-0.1, -0.05) is 316 Å². The summed E-state index contributed by atoms with van der Waals surface area (Å²) in [5.41, 5.74) is 0. The summed E-state index contributed by atoms with van der Waals surface area (Å²) >= 11 is 0. The molecule has 0 heterocycles. The Kier molecular flexibility index (Phi) is 66.7. The highest BCUT2D eigenvalue weighted by Crippen LogP contribution is 2.17. The maximum Gasteiger partial charge on any atom is 0.306 e. The van der Waals surface area contributed by atoms with E-state index in [-0.39, 0.29) is 31.1 Å². The van der Waals surface area contributed by atoms with E-state index in [0.29, 0.717) is 19.3 Å². The smallest absolute Gasteiger partial charge is 0.306 e. The van der Waals surface area contributed by atoms with E-state index in [1.807, 2.05) is 0 Å². The van der Waals surface area contributed by atoms with E-state index in [0.717, 1.165) is 122 Å². The molecule has 0 aromatic carbocycles. The fourth-order valence-electron chi connectivity index (χ4n) is 9.73. The van der Waals surface area contributed by atoms with Crippen molar-refractivity contribution in [1.29, 1.82) is 0 Å². The average molecular weight is 1150 g/mol. The summed E-state index contributed by atoms with van der Waals surface area (Å²) in [5, 5.41) is 0. The Morgan fingerprint density at radius 1 is 0.253 bits per heavy atom. The second-order valence-electron chi connectivity index (χ2n) is 23.1. The lowest BCUT2D eigenvalue weighted by molar-refractivity contribution is -0.167. The van der Waals surface area contributed by atoms with Crippen LogP contribution in [0.25, 0.3) is 0 Å². The van der Waals surface area contributed by atoms with Crippen LogP contribution in [0.5, 0.6) is 0 Å². The Balaban J connectivity index is 4.45. The van der Waals surface area contributed by atoms with E-state index in [9.17, 15) is 14.4 Å². The number of carbonyl (C=O) groups excluding carboxylic acids is 3. The van der Waals surface area contributed by atoms with Gasteiger partial charge in [-0.15, -0.1) is 0 Å². The molecule has 0 aromatic heterocycles. The molecular weight excluding hydrogens is 1020 g/mol. The molecule has 0 amide bonds. The van der Waals surface area contributed by atoms with Crippen LogP contribution >= 0.6 is 0 Å². The van der Waals surface area contributed by atoms with Crippen LogP contribution in [0.2, 0.25) is 0 Å². The predicted octanol–water partition coefficient (Wildman–Crippen LogP) is 24.3. The molecule has 0 aliphatic heterocycles. The van der Waals surface area contributed by atoms with Crippen LogP contribution in [0.15, 0.2) is 122 Å². The molecular formula is C77H130O6. The zero-order chi connectivity index (χ0) is 59.9. The van der Waals surface area contributed by atoms with Gasteiger partial charge in [-0.25, -0.2) is 0 Å². The highest BCUT2D eigenvalue weighted by Gasteiger charge is 2.19. The molecule has 0 aromatic rings. The zero-order valence-corrected chi connectivity index (χ0v) is 54.4. The molecule has 0 N–H and O–H groups in total. The quantitative estimate of drug-likeness (QED) is 0.0261. The van der Waals surface area contributed by atoms with Gasteiger partial charge in [0.05, 0.1) is 0 Å². The Morgan fingerprint density at radius 2 is 0.470 bits per heavy atom. The molecule has 6 nitrogen and oxygen atoms in total. The van der Waals surface area contributed by atoms with Gasteiger partial charge in [0.25, 0.3) is 0 Å². The van der Waals surface area contributed by atoms with E-state index in [1.54, 1.807) is 0 Å². The number of esters is 3. The molecule has 0 fully saturated rings. The minimum Gasteiger partial charge on any atom is -0.462 e. The first-order valence-corrected chi connectivity index (χ1v) is 35.0. The van der Waals surface area contributed by atoms with Crippen LogP contribution in [0.3, 0.4) is 0 Å². The van der Waals surface area contributed by atoms with Crippen molar-refractivity contribution in [2.75, 3.05) is 13.2 Å². The molecule has 0 spiro atoms. The van der Waals surface area contributed by atoms with Crippen molar-refractivity contribution in [3.8, 4) is 0 Å². The van der Waals surface area contributed by atoms with Gasteiger partial charge in [-0.3, -0.25) is 14.4 Å². The molecule has 6 heteroatoms. The third-order valence-electron chi connectivity index (χ3n) is 15.0. The monoisotopic (exact) mass is 1150 g/mol. The first-order chi connectivity index (χ1) is 41.0. The molecule has 474 valence electrons. The normalized spacial score (nSPS) is 12.9. The highest BCUT2D eigenvalue weighted by molar-refractivity contribution is 5.71. The SMILES string of the molecule is CC/C=C\C/C=C\C/C=C\C/C=C\C/C=C\C/C=C\C/C=C\C/C=C\CCCCC(=O)OCC(COC(=O)CCCCCCCCC/C=C\C/C=C\CCCCC)OC(=O)CCCCCCCCCCCCCCCCCCCCCCC. The van der Waals surface area contributed by atoms with Crippen LogP contribution in [0.4, 0.5) is 0 Å². The lowest BCUT2D eigenvalue weighted by atomic mass is 10.0. The van der Waals surface area contributed by atoms with E-state index < -0.39 is 6.10 Å². The Morgan fingerprint density at radius 3 is 0.783 bits per heavy atom. The van der Waals surface area contributed by atoms with Gasteiger partial charge in [-0.05, 0) is 116 Å². The summed E-state index contributed by atoms with van der Waals surface area (Å²) in [6.07, 6.45) is 97.9. The maximum absolute atomic E-state index is 13.0. The Hall–Kier alpha value is -4.19. The zero-order valence-electron chi connectivity index (χ0n) is 54.4. The number of hydrogen-bond donors (Lipinski definition) is 0. The third-order valence-corrected chi connectivity index (χ3v) is 15.0. The minimum absolute atomic E-state index is 0.0957. The largest absolute Gasteiger partial charge is 0.462 e. The summed E-state index contributed by atoms with van der Waals surface area (Å²) in [7, 11) is 0. The van der Waals surface area contributed by atoms with E-state index >= 15 is 0 Å². The second-order valence-corrected chi connectivity index (χ2v) is 23.1. The summed E-state index contributed by atoms with van der Waals surface area (Å²) in [6.45, 7) is 6.50. The van der Waals surface area contributed by atoms with Crippen LogP contribution in [0.1, 0.15) is 329 Å². The maximum atomic E-state index is 13.0. The second kappa shape index (κ2) is 70.3. The average Bonchev–Trinajstić information content (AvgIpc) is 3.49. The van der Waals surface area contributed by atoms with Gasteiger partial charge in [0.1, 0.15) is 13.2 Å². The van der Waals surface area contributed by atoms with Gasteiger partial charge in [0.2, 0.25) is 0 Å². The molecule has 0 aliphatic carbocycles. The van der Waals surface area contributed by atoms with Gasteiger partial charge in [-0.2, -0.15) is 0 Å². The standard InChI is InChI=1S/C77H130O6/c1-4-7-10-13-16-19-22-25-28-31-33-35-36-37-38-39-40-42-43-46-49-52-55-58-61-64-67-70-76(79)82-73-74(72-81-75(78)69-66-63-60-57-54-51-48-45-30-27-24-21-18-15-12-9-6-3)83-77(80)71-68-65-62-59-56-53-50-47-44-41-34-32-29-26-23-20-17-14-11-8-5-2/h7,10,16,18-19,21,25,27-28,30,33,35,37-38,40,42,46,49,55,58,74H,4-6,8-9,11-15,17,20,22-24,26,29,31-32,34,36,39,41,43-45,47-48,50-54,56-57,59-73H2,1-3H3/b10-7-,19-16-,21-18-,28-25-,30-27-,35-33-,38-37-,42-40-,49-46-,58-55-. The van der Waals surface area contributed by atoms with Crippen LogP contribution in [-0.4, -0.2) is 37.2 Å². The number of hydrogen-bond acceptors (Lipinski definition) is 6. The van der Waals surface area contributed by atoms with E-state index in [4.69, 9.17) is 14.2 Å². The molecule has 0 aliphatic rings. The van der Waals surface area contributed by atoms with E-state index in [2.05, 4.69) is 142 Å². The van der Waals surface area contributed by atoms with Crippen LogP contribution in [0, 0.1) is 0 Å². The van der Waals surface area contributed by atoms with Gasteiger partial charge < -0.3 is 14.2 Å². The van der Waals surface area contributed by atoms with Crippen molar-refractivity contribution in [3.63, 3.8) is 0 Å². The Labute approximate surface area is 513 Å². The summed E-state index contributed by atoms with van der Waals surface area (Å²) in [5.74, 6) is -0.935. The number of ether oxygens (including phenoxy) is 3. The van der Waals surface area contributed by atoms with Crippen molar-refractivity contribution >= 4 is 17.9 Å². The third kappa shape index (κ3) is 68.5. The molecule has 0 radical (unpaired) electrons. The van der Waals surface area contributed by atoms with Crippen molar-refractivity contribution in [1.82, 2.24) is 0 Å². The predicted molar refractivity (Wildman–Crippen MR) is 362 cm³/mol. The minimum atomic E-state index is -0.803. The fourth-order valence-corrected chi connectivity index (χ4v) is 9.73. The molecule has 1 unspecified atom stereocenters. The number of rotatable bonds is 63. The summed E-state index contributed by atoms with van der Waals surface area (Å²) in [6, 6.07) is 0. The fraction of sp³-hybridized carbons (Fsp3) is 0.701. The molecule has 0 rings (SSSR count). The van der Waals surface area contributed by atoms with Crippen molar-refractivity contribution in [3.05, 3.63) is 122 Å². The summed E-state index contributed by atoms with van der Waals surface area (Å²) < 4.78 is 17.0. The van der Waals surface area contributed by atoms with Crippen molar-refractivity contribution < 1.29 is 28.6 Å². The highest BCUT2D eigenvalue weighted by atomic mass is 16.6. The number of unbranched alkanes of at least 4 members (excludes halogenated alkanes) is 32. The van der Waals surface area contributed by atoms with Crippen molar-refractivity contribution in [2.24, 2.45) is 0 Å². The molecule has 1 atom stereocenters. The van der Waals surface area contributed by atoms with Gasteiger partial charge >= 0.3 is 17.9 Å². The van der Waals surface area contributed by atoms with Crippen LogP contribution in [-0.2, 0) is 28.6 Å². The van der Waals surface area contributed by atoms with E-state index in [1.165, 1.54) is 167 Å². The molecule has 0 saturated heterocycles. The Bertz CT molecular complexity index is 1700. The first kappa shape index (κ1) is 78.8. The molecule has 0 saturated carbocycles. The molecule has 83 heavy (non-hydrogen) atoms. The first-order valence-electron chi connectivity index (χ1n) is 35.0. The number of allylic oxidation sites excluding steroid dienone is 20. The lowest BCUT2D eigenvalue weighted by Gasteiger charge is -2.18. The van der Waals surface area contributed by atoms with Gasteiger partial charge in [0, 0.05) is 19.3 Å². The summed E-state index contributed by atoms with van der Waals surface area (Å²) in [4.78, 5) is 38.5.